The van der Waals surface area contributed by atoms with Gasteiger partial charge in [-0.15, -0.1) is 0 Å². The van der Waals surface area contributed by atoms with E-state index in [0.29, 0.717) is 5.84 Å². The van der Waals surface area contributed by atoms with Crippen molar-refractivity contribution >= 4 is 29.7 Å². The quantitative estimate of drug-likeness (QED) is 0.743. The predicted molar refractivity (Wildman–Crippen MR) is 78.1 cm³/mol. The van der Waals surface area contributed by atoms with Crippen LogP contribution in [0.4, 0.5) is 5.69 Å². The SMILES string of the molecule is C=CC1=c2c(cccc2=C)N2C(=O)C(C)=C(C)C2=N1. The number of amides is 1. The van der Waals surface area contributed by atoms with Crippen LogP contribution in [-0.4, -0.2) is 11.7 Å². The lowest BCUT2D eigenvalue weighted by Crippen LogP contribution is -2.42. The maximum Gasteiger partial charge on any atom is 0.260 e. The summed E-state index contributed by atoms with van der Waals surface area (Å²) in [6.45, 7) is 11.6. The van der Waals surface area contributed by atoms with Crippen LogP contribution >= 0.6 is 0 Å². The molecule has 2 heterocycles. The van der Waals surface area contributed by atoms with E-state index < -0.39 is 0 Å². The molecule has 1 amide bonds. The van der Waals surface area contributed by atoms with Crippen molar-refractivity contribution in [1.82, 2.24) is 0 Å². The summed E-state index contributed by atoms with van der Waals surface area (Å²) in [5.41, 5.74) is 3.27. The zero-order valence-corrected chi connectivity index (χ0v) is 11.0. The summed E-state index contributed by atoms with van der Waals surface area (Å²) >= 11 is 0. The minimum absolute atomic E-state index is 0.00814. The van der Waals surface area contributed by atoms with E-state index in [-0.39, 0.29) is 5.91 Å². The van der Waals surface area contributed by atoms with E-state index in [1.165, 1.54) is 0 Å². The van der Waals surface area contributed by atoms with Gasteiger partial charge in [0.15, 0.2) is 0 Å². The second-order valence-electron chi connectivity index (χ2n) is 4.73. The first-order valence-electron chi connectivity index (χ1n) is 6.12. The maximum atomic E-state index is 12.4. The Labute approximate surface area is 111 Å². The summed E-state index contributed by atoms with van der Waals surface area (Å²) in [5, 5.41) is 1.74. The average Bonchev–Trinajstić information content (AvgIpc) is 2.63. The molecule has 2 aliphatic heterocycles. The molecular formula is C16H14N2O. The second-order valence-corrected chi connectivity index (χ2v) is 4.73. The zero-order chi connectivity index (χ0) is 13.7. The Morgan fingerprint density at radius 1 is 1.26 bits per heavy atom. The Hall–Kier alpha value is -2.42. The highest BCUT2D eigenvalue weighted by Crippen LogP contribution is 2.28. The highest BCUT2D eigenvalue weighted by Gasteiger charge is 2.35. The van der Waals surface area contributed by atoms with Crippen LogP contribution in [0.1, 0.15) is 13.8 Å². The van der Waals surface area contributed by atoms with Gasteiger partial charge < -0.3 is 0 Å². The molecule has 1 aromatic carbocycles. The third-order valence-corrected chi connectivity index (χ3v) is 3.68. The number of carbonyl (C=O) groups is 1. The molecule has 0 saturated carbocycles. The largest absolute Gasteiger partial charge is 0.269 e. The fraction of sp³-hybridized carbons (Fsp3) is 0.125. The number of amidine groups is 1. The van der Waals surface area contributed by atoms with E-state index in [9.17, 15) is 4.79 Å². The molecule has 19 heavy (non-hydrogen) atoms. The summed E-state index contributed by atoms with van der Waals surface area (Å²) in [6, 6.07) is 5.74. The van der Waals surface area contributed by atoms with E-state index in [1.807, 2.05) is 32.0 Å². The van der Waals surface area contributed by atoms with Crippen LogP contribution in [0.5, 0.6) is 0 Å². The van der Waals surface area contributed by atoms with Gasteiger partial charge in [-0.3, -0.25) is 9.69 Å². The first-order chi connectivity index (χ1) is 9.06. The molecule has 3 heteroatoms. The van der Waals surface area contributed by atoms with Crippen molar-refractivity contribution in [2.45, 2.75) is 13.8 Å². The van der Waals surface area contributed by atoms with Gasteiger partial charge in [0.2, 0.25) is 0 Å². The average molecular weight is 250 g/mol. The number of benzene rings is 1. The van der Waals surface area contributed by atoms with Gasteiger partial charge in [-0.1, -0.05) is 25.3 Å². The van der Waals surface area contributed by atoms with Gasteiger partial charge in [-0.2, -0.15) is 0 Å². The third-order valence-electron chi connectivity index (χ3n) is 3.68. The summed E-state index contributed by atoms with van der Waals surface area (Å²) in [7, 11) is 0. The number of carbonyl (C=O) groups excluding carboxylic acids is 1. The van der Waals surface area contributed by atoms with Gasteiger partial charge in [-0.05, 0) is 31.2 Å². The van der Waals surface area contributed by atoms with Crippen molar-refractivity contribution in [1.29, 1.82) is 0 Å². The summed E-state index contributed by atoms with van der Waals surface area (Å²) in [5.74, 6) is 0.696. The molecule has 2 aliphatic rings. The maximum absolute atomic E-state index is 12.4. The molecule has 0 radical (unpaired) electrons. The fourth-order valence-electron chi connectivity index (χ4n) is 2.50. The summed E-state index contributed by atoms with van der Waals surface area (Å²) in [6.07, 6.45) is 1.71. The molecule has 94 valence electrons. The minimum Gasteiger partial charge on any atom is -0.269 e. The molecule has 3 nitrogen and oxygen atoms in total. The smallest absolute Gasteiger partial charge is 0.260 e. The Morgan fingerprint density at radius 3 is 2.68 bits per heavy atom. The second kappa shape index (κ2) is 3.79. The molecule has 1 aromatic rings. The molecule has 0 aromatic heterocycles. The van der Waals surface area contributed by atoms with E-state index in [2.05, 4.69) is 18.2 Å². The Balaban J connectivity index is 2.46. The number of rotatable bonds is 1. The molecule has 0 spiro atoms. The lowest BCUT2D eigenvalue weighted by Gasteiger charge is -2.23. The van der Waals surface area contributed by atoms with Gasteiger partial charge in [0.25, 0.3) is 5.91 Å². The number of aliphatic imine (C=N–C) groups is 1. The van der Waals surface area contributed by atoms with Crippen LogP contribution in [0, 0.1) is 0 Å². The molecule has 0 aliphatic carbocycles. The topological polar surface area (TPSA) is 32.7 Å². The van der Waals surface area contributed by atoms with Crippen LogP contribution < -0.4 is 15.3 Å². The molecule has 0 fully saturated rings. The van der Waals surface area contributed by atoms with Crippen molar-refractivity contribution in [2.24, 2.45) is 4.99 Å². The minimum atomic E-state index is -0.00814. The van der Waals surface area contributed by atoms with Crippen LogP contribution in [0.25, 0.3) is 12.3 Å². The first-order valence-corrected chi connectivity index (χ1v) is 6.12. The van der Waals surface area contributed by atoms with Crippen LogP contribution in [0.15, 0.2) is 47.0 Å². The molecule has 0 N–H and O–H groups in total. The number of hydrogen-bond acceptors (Lipinski definition) is 2. The molecule has 0 saturated heterocycles. The Bertz CT molecular complexity index is 797. The van der Waals surface area contributed by atoms with Crippen LogP contribution in [0.2, 0.25) is 0 Å². The van der Waals surface area contributed by atoms with Gasteiger partial charge in [0.1, 0.15) is 5.84 Å². The Kier molecular flexibility index (Phi) is 2.32. The van der Waals surface area contributed by atoms with Gasteiger partial charge >= 0.3 is 0 Å². The number of hydrogen-bond donors (Lipinski definition) is 0. The summed E-state index contributed by atoms with van der Waals surface area (Å²) in [4.78, 5) is 18.6. The van der Waals surface area contributed by atoms with E-state index >= 15 is 0 Å². The molecule has 3 rings (SSSR count). The van der Waals surface area contributed by atoms with Gasteiger partial charge in [-0.25, -0.2) is 4.99 Å². The van der Waals surface area contributed by atoms with Gasteiger partial charge in [0, 0.05) is 16.4 Å². The molecular weight excluding hydrogens is 236 g/mol. The van der Waals surface area contributed by atoms with Crippen molar-refractivity contribution in [3.05, 3.63) is 52.4 Å². The first kappa shape index (κ1) is 11.7. The van der Waals surface area contributed by atoms with Crippen molar-refractivity contribution < 1.29 is 4.79 Å². The highest BCUT2D eigenvalue weighted by molar-refractivity contribution is 6.35. The fourth-order valence-corrected chi connectivity index (χ4v) is 2.50. The van der Waals surface area contributed by atoms with Crippen LogP contribution in [-0.2, 0) is 4.79 Å². The van der Waals surface area contributed by atoms with Crippen LogP contribution in [0.3, 0.4) is 0 Å². The van der Waals surface area contributed by atoms with E-state index in [0.717, 1.165) is 33.0 Å². The van der Waals surface area contributed by atoms with Crippen molar-refractivity contribution in [2.75, 3.05) is 4.90 Å². The third kappa shape index (κ3) is 1.38. The lowest BCUT2D eigenvalue weighted by molar-refractivity contribution is -0.113. The van der Waals surface area contributed by atoms with Crippen molar-refractivity contribution in [3.8, 4) is 0 Å². The standard InChI is InChI=1S/C16H14N2O/c1-5-12-14-9(2)7-6-8-13(14)18-15(17-12)10(3)11(4)16(18)19/h5-8H,1-2H2,3-4H3. The number of fused-ring (bicyclic) bond motifs is 3. The number of nitrogens with zero attached hydrogens (tertiary/aromatic N) is 2. The molecule has 0 atom stereocenters. The van der Waals surface area contributed by atoms with E-state index in [1.54, 1.807) is 11.0 Å². The highest BCUT2D eigenvalue weighted by atomic mass is 16.2. The predicted octanol–water partition coefficient (Wildman–Crippen LogP) is 1.49. The summed E-state index contributed by atoms with van der Waals surface area (Å²) < 4.78 is 0. The molecule has 0 bridgehead atoms. The normalized spacial score (nSPS) is 17.4. The zero-order valence-electron chi connectivity index (χ0n) is 11.0. The lowest BCUT2D eigenvalue weighted by atomic mass is 10.1. The molecule has 0 unspecified atom stereocenters. The van der Waals surface area contributed by atoms with E-state index in [4.69, 9.17) is 0 Å². The Morgan fingerprint density at radius 2 is 2.00 bits per heavy atom. The van der Waals surface area contributed by atoms with Gasteiger partial charge in [0.05, 0.1) is 11.4 Å². The monoisotopic (exact) mass is 250 g/mol. The van der Waals surface area contributed by atoms with Crippen molar-refractivity contribution in [3.63, 3.8) is 0 Å². The number of anilines is 1.